The van der Waals surface area contributed by atoms with Gasteiger partial charge in [-0.15, -0.1) is 11.3 Å². The zero-order valence-electron chi connectivity index (χ0n) is 10.2. The van der Waals surface area contributed by atoms with E-state index in [-0.39, 0.29) is 22.7 Å². The summed E-state index contributed by atoms with van der Waals surface area (Å²) in [4.78, 5) is 0. The van der Waals surface area contributed by atoms with Gasteiger partial charge >= 0.3 is 0 Å². The Morgan fingerprint density at radius 2 is 1.90 bits per heavy atom. The third kappa shape index (κ3) is 2.50. The summed E-state index contributed by atoms with van der Waals surface area (Å²) in [6.45, 7) is 0. The van der Waals surface area contributed by atoms with Gasteiger partial charge in [0.15, 0.2) is 0 Å². The summed E-state index contributed by atoms with van der Waals surface area (Å²) < 4.78 is 32.8. The molecule has 3 rings (SSSR count). The first kappa shape index (κ1) is 14.3. The molecule has 0 radical (unpaired) electrons. The van der Waals surface area contributed by atoms with Crippen molar-refractivity contribution in [3.63, 3.8) is 0 Å². The van der Waals surface area contributed by atoms with E-state index in [0.717, 1.165) is 23.5 Å². The van der Waals surface area contributed by atoms with Gasteiger partial charge in [0.2, 0.25) is 5.88 Å². The molecule has 2 heterocycles. The van der Waals surface area contributed by atoms with Gasteiger partial charge in [-0.2, -0.15) is 0 Å². The lowest BCUT2D eigenvalue weighted by Crippen LogP contribution is -1.91. The van der Waals surface area contributed by atoms with Crippen LogP contribution in [0.5, 0.6) is 0 Å². The summed E-state index contributed by atoms with van der Waals surface area (Å²) in [6, 6.07) is 4.72. The summed E-state index contributed by atoms with van der Waals surface area (Å²) in [5, 5.41) is 3.80. The fourth-order valence-electron chi connectivity index (χ4n) is 1.94. The number of hydrogen-bond donors (Lipinski definition) is 1. The van der Waals surface area contributed by atoms with Gasteiger partial charge in [-0.3, -0.25) is 0 Å². The molecule has 1 aromatic carbocycles. The zero-order chi connectivity index (χ0) is 15.1. The van der Waals surface area contributed by atoms with Crippen LogP contribution in [0.25, 0.3) is 22.4 Å². The van der Waals surface area contributed by atoms with Crippen LogP contribution in [0.15, 0.2) is 28.8 Å². The Kier molecular flexibility index (Phi) is 3.61. The van der Waals surface area contributed by atoms with E-state index in [4.69, 9.17) is 33.5 Å². The molecule has 0 unspecified atom stereocenters. The molecule has 0 bridgehead atoms. The normalized spacial score (nSPS) is 11.0. The molecule has 21 heavy (non-hydrogen) atoms. The molecule has 0 aliphatic heterocycles. The van der Waals surface area contributed by atoms with Crippen molar-refractivity contribution < 1.29 is 13.3 Å². The SMILES string of the molecule is Nc1onc(-c2cc(Cl)sc2Cl)c1-c1ccc(F)cc1F. The van der Waals surface area contributed by atoms with E-state index >= 15 is 0 Å². The Bertz CT molecular complexity index is 832. The number of anilines is 1. The smallest absolute Gasteiger partial charge is 0.230 e. The summed E-state index contributed by atoms with van der Waals surface area (Å²) in [6.07, 6.45) is 0. The molecule has 108 valence electrons. The van der Waals surface area contributed by atoms with Gasteiger partial charge in [0.25, 0.3) is 0 Å². The highest BCUT2D eigenvalue weighted by molar-refractivity contribution is 7.20. The predicted octanol–water partition coefficient (Wildman–Crippen LogP) is 5.24. The Labute approximate surface area is 131 Å². The summed E-state index contributed by atoms with van der Waals surface area (Å²) >= 11 is 13.1. The van der Waals surface area contributed by atoms with Crippen molar-refractivity contribution in [2.45, 2.75) is 0 Å². The lowest BCUT2D eigenvalue weighted by atomic mass is 10.0. The molecular formula is C13H6Cl2F2N2OS. The van der Waals surface area contributed by atoms with Crippen LogP contribution in [-0.2, 0) is 0 Å². The van der Waals surface area contributed by atoms with Gasteiger partial charge in [-0.1, -0.05) is 28.4 Å². The molecule has 0 fully saturated rings. The topological polar surface area (TPSA) is 52.0 Å². The minimum absolute atomic E-state index is 0.0727. The third-order valence-corrected chi connectivity index (χ3v) is 4.32. The summed E-state index contributed by atoms with van der Waals surface area (Å²) in [5.74, 6) is -1.55. The van der Waals surface area contributed by atoms with Gasteiger partial charge in [-0.25, -0.2) is 8.78 Å². The van der Waals surface area contributed by atoms with Crippen LogP contribution >= 0.6 is 34.5 Å². The minimum atomic E-state index is -0.774. The minimum Gasteiger partial charge on any atom is -0.367 e. The van der Waals surface area contributed by atoms with Crippen LogP contribution in [0.3, 0.4) is 0 Å². The van der Waals surface area contributed by atoms with Gasteiger partial charge in [-0.05, 0) is 18.2 Å². The molecular weight excluding hydrogens is 341 g/mol. The molecule has 0 saturated heterocycles. The summed E-state index contributed by atoms with van der Waals surface area (Å²) in [7, 11) is 0. The molecule has 0 spiro atoms. The number of nitrogen functional groups attached to an aromatic ring is 1. The molecule has 0 aliphatic carbocycles. The number of nitrogens with zero attached hydrogens (tertiary/aromatic N) is 1. The first-order chi connectivity index (χ1) is 9.97. The molecule has 0 aliphatic rings. The molecule has 3 nitrogen and oxygen atoms in total. The van der Waals surface area contributed by atoms with Crippen LogP contribution in [0, 0.1) is 11.6 Å². The quantitative estimate of drug-likeness (QED) is 0.690. The number of benzene rings is 1. The van der Waals surface area contributed by atoms with E-state index in [1.807, 2.05) is 0 Å². The van der Waals surface area contributed by atoms with Crippen molar-refractivity contribution >= 4 is 40.4 Å². The molecule has 8 heteroatoms. The summed E-state index contributed by atoms with van der Waals surface area (Å²) in [5.41, 5.74) is 6.73. The highest BCUT2D eigenvalue weighted by Gasteiger charge is 2.23. The van der Waals surface area contributed by atoms with Gasteiger partial charge in [0.1, 0.15) is 21.7 Å². The van der Waals surface area contributed by atoms with Crippen LogP contribution in [0.2, 0.25) is 8.67 Å². The number of rotatable bonds is 2. The number of aromatic nitrogens is 1. The predicted molar refractivity (Wildman–Crippen MR) is 79.6 cm³/mol. The maximum atomic E-state index is 14.0. The zero-order valence-corrected chi connectivity index (χ0v) is 12.5. The highest BCUT2D eigenvalue weighted by Crippen LogP contribution is 2.44. The Morgan fingerprint density at radius 1 is 1.14 bits per heavy atom. The second kappa shape index (κ2) is 5.29. The first-order valence-electron chi connectivity index (χ1n) is 5.63. The number of halogens is 4. The van der Waals surface area contributed by atoms with Gasteiger partial charge in [0.05, 0.1) is 9.90 Å². The van der Waals surface area contributed by atoms with Crippen LogP contribution in [0.4, 0.5) is 14.7 Å². The fourth-order valence-corrected chi connectivity index (χ4v) is 3.41. The lowest BCUT2D eigenvalue weighted by molar-refractivity contribution is 0.439. The number of thiophene rings is 1. The van der Waals surface area contributed by atoms with Crippen LogP contribution in [-0.4, -0.2) is 5.16 Å². The van der Waals surface area contributed by atoms with Crippen molar-refractivity contribution in [3.05, 3.63) is 44.6 Å². The van der Waals surface area contributed by atoms with E-state index in [0.29, 0.717) is 14.2 Å². The number of hydrogen-bond acceptors (Lipinski definition) is 4. The monoisotopic (exact) mass is 346 g/mol. The van der Waals surface area contributed by atoms with Crippen molar-refractivity contribution in [1.29, 1.82) is 0 Å². The van der Waals surface area contributed by atoms with E-state index in [9.17, 15) is 8.78 Å². The van der Waals surface area contributed by atoms with Crippen molar-refractivity contribution in [3.8, 4) is 22.4 Å². The molecule has 0 amide bonds. The molecule has 2 aromatic heterocycles. The lowest BCUT2D eigenvalue weighted by Gasteiger charge is -2.03. The maximum absolute atomic E-state index is 14.0. The van der Waals surface area contributed by atoms with Gasteiger partial charge < -0.3 is 10.3 Å². The van der Waals surface area contributed by atoms with Crippen molar-refractivity contribution in [2.75, 3.05) is 5.73 Å². The third-order valence-electron chi connectivity index (χ3n) is 2.83. The number of nitrogens with two attached hydrogens (primary N) is 1. The average Bonchev–Trinajstić information content (AvgIpc) is 2.93. The molecule has 0 atom stereocenters. The van der Waals surface area contributed by atoms with Gasteiger partial charge in [0, 0.05) is 17.2 Å². The van der Waals surface area contributed by atoms with E-state index < -0.39 is 11.6 Å². The second-order valence-corrected chi connectivity index (χ2v) is 6.42. The van der Waals surface area contributed by atoms with Crippen LogP contribution in [0.1, 0.15) is 0 Å². The van der Waals surface area contributed by atoms with E-state index in [1.165, 1.54) is 6.07 Å². The molecule has 0 saturated carbocycles. The largest absolute Gasteiger partial charge is 0.367 e. The second-order valence-electron chi connectivity index (χ2n) is 4.13. The fraction of sp³-hybridized carbons (Fsp3) is 0. The maximum Gasteiger partial charge on any atom is 0.230 e. The Hall–Kier alpha value is -1.63. The average molecular weight is 347 g/mol. The first-order valence-corrected chi connectivity index (χ1v) is 7.20. The molecule has 2 N–H and O–H groups in total. The van der Waals surface area contributed by atoms with Crippen LogP contribution < -0.4 is 5.73 Å². The Balaban J connectivity index is 2.24. The van der Waals surface area contributed by atoms with E-state index in [1.54, 1.807) is 6.07 Å². The Morgan fingerprint density at radius 3 is 2.52 bits per heavy atom. The van der Waals surface area contributed by atoms with Crippen molar-refractivity contribution in [1.82, 2.24) is 5.16 Å². The molecule has 3 aromatic rings. The van der Waals surface area contributed by atoms with Crippen molar-refractivity contribution in [2.24, 2.45) is 0 Å². The highest BCUT2D eigenvalue weighted by atomic mass is 35.5. The standard InChI is InChI=1S/C13H6Cl2F2N2OS/c14-9-4-7(12(15)21-9)11-10(13(18)20-19-11)6-2-1-5(16)3-8(6)17/h1-4H,18H2. The van der Waals surface area contributed by atoms with E-state index in [2.05, 4.69) is 5.16 Å².